The molecule has 4 heteroatoms. The Balaban J connectivity index is 2.07. The number of nitriles is 1. The number of nitrogens with zero attached hydrogens (tertiary/aromatic N) is 2. The van der Waals surface area contributed by atoms with Crippen LogP contribution in [-0.4, -0.2) is 23.0 Å². The number of hydrazine groups is 1. The van der Waals surface area contributed by atoms with Crippen molar-refractivity contribution >= 4 is 5.91 Å². The fourth-order valence-corrected chi connectivity index (χ4v) is 4.84. The number of carbonyl (C=O) groups is 1. The number of hydrogen-bond donors (Lipinski definition) is 1. The lowest BCUT2D eigenvalue weighted by molar-refractivity contribution is -0.127. The molecule has 3 rings (SSSR count). The Morgan fingerprint density at radius 3 is 2.76 bits per heavy atom. The molecule has 1 amide bonds. The van der Waals surface area contributed by atoms with Gasteiger partial charge in [-0.25, -0.2) is 0 Å². The van der Waals surface area contributed by atoms with Crippen LogP contribution in [0.4, 0.5) is 0 Å². The lowest BCUT2D eigenvalue weighted by Crippen LogP contribution is -2.58. The number of piperidine rings is 1. The Hall–Kier alpha value is -1.08. The molecule has 1 saturated heterocycles. The van der Waals surface area contributed by atoms with E-state index in [4.69, 9.17) is 0 Å². The third-order valence-corrected chi connectivity index (χ3v) is 6.03. The summed E-state index contributed by atoms with van der Waals surface area (Å²) in [6, 6.07) is 2.53. The molecular formula is C13H19N3O. The first kappa shape index (κ1) is 11.0. The predicted molar refractivity (Wildman–Crippen MR) is 62.4 cm³/mol. The van der Waals surface area contributed by atoms with Crippen molar-refractivity contribution in [1.82, 2.24) is 10.4 Å². The summed E-state index contributed by atoms with van der Waals surface area (Å²) in [5, 5.41) is 11.6. The molecule has 0 aromatic heterocycles. The zero-order valence-corrected chi connectivity index (χ0v) is 10.7. The summed E-state index contributed by atoms with van der Waals surface area (Å²) in [7, 11) is 0. The molecule has 4 nitrogen and oxygen atoms in total. The molecule has 0 aromatic carbocycles. The smallest absolute Gasteiger partial charge is 0.231 e. The Kier molecular flexibility index (Phi) is 1.84. The highest BCUT2D eigenvalue weighted by atomic mass is 16.2. The predicted octanol–water partition coefficient (Wildman–Crippen LogP) is 1.44. The van der Waals surface area contributed by atoms with Gasteiger partial charge in [0.15, 0.2) is 0 Å². The lowest BCUT2D eigenvalue weighted by atomic mass is 9.66. The maximum absolute atomic E-state index is 11.3. The Labute approximate surface area is 102 Å². The molecule has 1 N–H and O–H groups in total. The van der Waals surface area contributed by atoms with Crippen molar-refractivity contribution in [3.63, 3.8) is 0 Å². The fourth-order valence-electron chi connectivity index (χ4n) is 4.84. The van der Waals surface area contributed by atoms with Crippen molar-refractivity contribution in [3.8, 4) is 6.07 Å². The van der Waals surface area contributed by atoms with Crippen LogP contribution in [0.3, 0.4) is 0 Å². The van der Waals surface area contributed by atoms with Crippen molar-refractivity contribution in [1.29, 1.82) is 5.26 Å². The summed E-state index contributed by atoms with van der Waals surface area (Å²) in [5.41, 5.74) is 2.61. The standard InChI is InChI=1S/C13H19N3O/c1-9(17)15-16-8-11(2)10-4-5-12(11,3)13(16,6-10)7-14/h10H,4-6,8H2,1-3H3,(H,15,17). The lowest BCUT2D eigenvalue weighted by Gasteiger charge is -2.42. The summed E-state index contributed by atoms with van der Waals surface area (Å²) in [4.78, 5) is 11.3. The normalized spacial score (nSPS) is 51.5. The van der Waals surface area contributed by atoms with Gasteiger partial charge in [0.25, 0.3) is 0 Å². The largest absolute Gasteiger partial charge is 0.288 e. The molecular weight excluding hydrogens is 214 g/mol. The second-order valence-corrected chi connectivity index (χ2v) is 6.42. The van der Waals surface area contributed by atoms with E-state index in [9.17, 15) is 10.1 Å². The topological polar surface area (TPSA) is 56.1 Å². The molecule has 0 radical (unpaired) electrons. The summed E-state index contributed by atoms with van der Waals surface area (Å²) >= 11 is 0. The highest BCUT2D eigenvalue weighted by Crippen LogP contribution is 2.75. The minimum Gasteiger partial charge on any atom is -0.288 e. The fraction of sp³-hybridized carbons (Fsp3) is 0.846. The van der Waals surface area contributed by atoms with E-state index in [-0.39, 0.29) is 16.7 Å². The Morgan fingerprint density at radius 2 is 2.24 bits per heavy atom. The van der Waals surface area contributed by atoms with Gasteiger partial charge in [0.1, 0.15) is 5.54 Å². The first-order valence-electron chi connectivity index (χ1n) is 6.36. The average molecular weight is 233 g/mol. The number of amides is 1. The summed E-state index contributed by atoms with van der Waals surface area (Å²) in [5.74, 6) is 0.576. The Bertz CT molecular complexity index is 442. The molecule has 3 aliphatic rings. The van der Waals surface area contributed by atoms with Crippen LogP contribution in [0.15, 0.2) is 0 Å². The number of nitrogens with one attached hydrogen (secondary N) is 1. The van der Waals surface area contributed by atoms with Crippen molar-refractivity contribution in [2.24, 2.45) is 16.7 Å². The summed E-state index contributed by atoms with van der Waals surface area (Å²) < 4.78 is 0. The summed E-state index contributed by atoms with van der Waals surface area (Å²) in [6.45, 7) is 6.87. The first-order valence-corrected chi connectivity index (χ1v) is 6.36. The van der Waals surface area contributed by atoms with Crippen molar-refractivity contribution in [2.75, 3.05) is 6.54 Å². The molecule has 1 aliphatic heterocycles. The van der Waals surface area contributed by atoms with Gasteiger partial charge in [-0.3, -0.25) is 10.2 Å². The van der Waals surface area contributed by atoms with Gasteiger partial charge in [-0.1, -0.05) is 13.8 Å². The van der Waals surface area contributed by atoms with Gasteiger partial charge in [-0.05, 0) is 30.6 Å². The zero-order valence-electron chi connectivity index (χ0n) is 10.7. The van der Waals surface area contributed by atoms with Crippen LogP contribution >= 0.6 is 0 Å². The van der Waals surface area contributed by atoms with E-state index in [2.05, 4.69) is 25.3 Å². The quantitative estimate of drug-likeness (QED) is 0.745. The van der Waals surface area contributed by atoms with Gasteiger partial charge in [-0.2, -0.15) is 10.3 Å². The minimum atomic E-state index is -0.476. The van der Waals surface area contributed by atoms with Crippen LogP contribution in [0.2, 0.25) is 0 Å². The molecule has 2 aliphatic carbocycles. The van der Waals surface area contributed by atoms with E-state index in [1.165, 1.54) is 13.3 Å². The average Bonchev–Trinajstić information content (AvgIpc) is 2.68. The highest BCUT2D eigenvalue weighted by molar-refractivity contribution is 5.72. The number of carbonyl (C=O) groups excluding carboxylic acids is 1. The van der Waals surface area contributed by atoms with Crippen LogP contribution < -0.4 is 5.43 Å². The first-order chi connectivity index (χ1) is 7.89. The van der Waals surface area contributed by atoms with Gasteiger partial charge in [-0.15, -0.1) is 0 Å². The van der Waals surface area contributed by atoms with E-state index in [1.54, 1.807) is 0 Å². The molecule has 4 unspecified atom stereocenters. The number of rotatable bonds is 1. The second kappa shape index (κ2) is 2.84. The van der Waals surface area contributed by atoms with E-state index in [0.29, 0.717) is 5.92 Å². The summed E-state index contributed by atoms with van der Waals surface area (Å²) in [6.07, 6.45) is 3.26. The van der Waals surface area contributed by atoms with Crippen LogP contribution in [0.5, 0.6) is 0 Å². The van der Waals surface area contributed by atoms with Crippen LogP contribution in [0.1, 0.15) is 40.0 Å². The van der Waals surface area contributed by atoms with Gasteiger partial charge in [0.05, 0.1) is 6.07 Å². The molecule has 1 heterocycles. The zero-order chi connectivity index (χ0) is 12.5. The van der Waals surface area contributed by atoms with Crippen molar-refractivity contribution < 1.29 is 4.79 Å². The molecule has 3 fully saturated rings. The molecule has 0 aromatic rings. The van der Waals surface area contributed by atoms with Gasteiger partial charge < -0.3 is 0 Å². The van der Waals surface area contributed by atoms with E-state index < -0.39 is 5.54 Å². The van der Waals surface area contributed by atoms with E-state index >= 15 is 0 Å². The number of hydrogen-bond acceptors (Lipinski definition) is 3. The molecule has 4 bridgehead atoms. The van der Waals surface area contributed by atoms with Gasteiger partial charge in [0.2, 0.25) is 5.91 Å². The SMILES string of the molecule is CC(=O)NN1CC2(C)C3CCC2(C)C1(C#N)C3. The monoisotopic (exact) mass is 233 g/mol. The van der Waals surface area contributed by atoms with Crippen molar-refractivity contribution in [2.45, 2.75) is 45.6 Å². The van der Waals surface area contributed by atoms with Crippen LogP contribution in [0.25, 0.3) is 0 Å². The molecule has 2 saturated carbocycles. The minimum absolute atomic E-state index is 0.0296. The van der Waals surface area contributed by atoms with E-state index in [0.717, 1.165) is 19.4 Å². The maximum atomic E-state index is 11.3. The molecule has 92 valence electrons. The highest BCUT2D eigenvalue weighted by Gasteiger charge is 2.78. The van der Waals surface area contributed by atoms with Crippen LogP contribution in [0, 0.1) is 28.1 Å². The van der Waals surface area contributed by atoms with Crippen molar-refractivity contribution in [3.05, 3.63) is 0 Å². The third-order valence-electron chi connectivity index (χ3n) is 6.03. The second-order valence-electron chi connectivity index (χ2n) is 6.42. The molecule has 0 spiro atoms. The molecule has 17 heavy (non-hydrogen) atoms. The third kappa shape index (κ3) is 0.924. The van der Waals surface area contributed by atoms with Gasteiger partial charge in [0, 0.05) is 18.9 Å². The Morgan fingerprint density at radius 1 is 1.53 bits per heavy atom. The van der Waals surface area contributed by atoms with Gasteiger partial charge >= 0.3 is 0 Å². The molecule has 4 atom stereocenters. The maximum Gasteiger partial charge on any atom is 0.231 e. The van der Waals surface area contributed by atoms with E-state index in [1.807, 2.05) is 5.01 Å². The van der Waals surface area contributed by atoms with Crippen LogP contribution in [-0.2, 0) is 4.79 Å².